The fraction of sp³-hybridized carbons (Fsp3) is 0.400. The van der Waals surface area contributed by atoms with Crippen molar-refractivity contribution in [1.82, 2.24) is 10.2 Å². The van der Waals surface area contributed by atoms with Gasteiger partial charge in [0.15, 0.2) is 21.9 Å². The van der Waals surface area contributed by atoms with Gasteiger partial charge in [-0.3, -0.25) is 10.1 Å². The highest BCUT2D eigenvalue weighted by molar-refractivity contribution is 8.01. The van der Waals surface area contributed by atoms with Gasteiger partial charge in [-0.05, 0) is 19.1 Å². The van der Waals surface area contributed by atoms with Crippen LogP contribution in [0.4, 0.5) is 5.13 Å². The highest BCUT2D eigenvalue weighted by Gasteiger charge is 2.18. The first-order valence-corrected chi connectivity index (χ1v) is 8.80. The Bertz CT molecular complexity index is 661. The van der Waals surface area contributed by atoms with Crippen LogP contribution in [0, 0.1) is 0 Å². The molecule has 0 unspecified atom stereocenters. The first kappa shape index (κ1) is 17.6. The Kier molecular flexibility index (Phi) is 6.23. The molecule has 1 heterocycles. The SMILES string of the molecule is COc1ccccc1O[C@@H](C)C(=O)Nc1nnc(SC(C)C)s1. The minimum atomic E-state index is -0.684. The summed E-state index contributed by atoms with van der Waals surface area (Å²) in [6, 6.07) is 7.19. The van der Waals surface area contributed by atoms with Crippen molar-refractivity contribution in [2.24, 2.45) is 0 Å². The second kappa shape index (κ2) is 8.16. The van der Waals surface area contributed by atoms with Crippen LogP contribution in [0.5, 0.6) is 11.5 Å². The maximum absolute atomic E-state index is 12.2. The van der Waals surface area contributed by atoms with E-state index in [1.807, 2.05) is 12.1 Å². The van der Waals surface area contributed by atoms with Crippen molar-refractivity contribution >= 4 is 34.1 Å². The van der Waals surface area contributed by atoms with E-state index >= 15 is 0 Å². The molecule has 1 aromatic heterocycles. The molecular formula is C15H19N3O3S2. The minimum absolute atomic E-state index is 0.284. The lowest BCUT2D eigenvalue weighted by Crippen LogP contribution is -2.30. The maximum Gasteiger partial charge on any atom is 0.266 e. The van der Waals surface area contributed by atoms with Gasteiger partial charge in [0, 0.05) is 5.25 Å². The second-order valence-corrected chi connectivity index (χ2v) is 7.74. The smallest absolute Gasteiger partial charge is 0.266 e. The summed E-state index contributed by atoms with van der Waals surface area (Å²) in [6.45, 7) is 5.83. The number of anilines is 1. The second-order valence-electron chi connectivity index (χ2n) is 4.94. The van der Waals surface area contributed by atoms with Crippen LogP contribution in [0.1, 0.15) is 20.8 Å². The molecule has 2 rings (SSSR count). The number of para-hydroxylation sites is 2. The third-order valence-electron chi connectivity index (χ3n) is 2.72. The summed E-state index contributed by atoms with van der Waals surface area (Å²) in [5.41, 5.74) is 0. The van der Waals surface area contributed by atoms with Gasteiger partial charge in [0.1, 0.15) is 0 Å². The Balaban J connectivity index is 1.96. The molecule has 0 radical (unpaired) electrons. The molecule has 0 aliphatic heterocycles. The van der Waals surface area contributed by atoms with Crippen LogP contribution < -0.4 is 14.8 Å². The number of ether oxygens (including phenoxy) is 2. The third kappa shape index (κ3) is 5.11. The lowest BCUT2D eigenvalue weighted by Gasteiger charge is -2.15. The van der Waals surface area contributed by atoms with Crippen LogP contribution in [-0.4, -0.2) is 34.6 Å². The molecular weight excluding hydrogens is 334 g/mol. The summed E-state index contributed by atoms with van der Waals surface area (Å²) >= 11 is 2.96. The van der Waals surface area contributed by atoms with Crippen LogP contribution in [-0.2, 0) is 4.79 Å². The van der Waals surface area contributed by atoms with Gasteiger partial charge in [-0.25, -0.2) is 0 Å². The topological polar surface area (TPSA) is 73.3 Å². The zero-order chi connectivity index (χ0) is 16.8. The number of hydrogen-bond acceptors (Lipinski definition) is 7. The number of methoxy groups -OCH3 is 1. The van der Waals surface area contributed by atoms with Crippen LogP contribution in [0.3, 0.4) is 0 Å². The molecule has 0 aliphatic carbocycles. The molecule has 0 saturated heterocycles. The van der Waals surface area contributed by atoms with E-state index < -0.39 is 6.10 Å². The van der Waals surface area contributed by atoms with Gasteiger partial charge in [-0.15, -0.1) is 10.2 Å². The molecule has 8 heteroatoms. The van der Waals surface area contributed by atoms with Crippen molar-refractivity contribution in [2.45, 2.75) is 36.5 Å². The van der Waals surface area contributed by atoms with E-state index in [1.165, 1.54) is 11.3 Å². The van der Waals surface area contributed by atoms with Crippen molar-refractivity contribution in [3.8, 4) is 11.5 Å². The molecule has 1 N–H and O–H groups in total. The first-order valence-electron chi connectivity index (χ1n) is 7.10. The van der Waals surface area contributed by atoms with E-state index in [9.17, 15) is 4.79 Å². The normalized spacial score (nSPS) is 12.0. The van der Waals surface area contributed by atoms with Crippen molar-refractivity contribution in [2.75, 3.05) is 12.4 Å². The lowest BCUT2D eigenvalue weighted by atomic mass is 10.3. The molecule has 0 saturated carbocycles. The number of carbonyl (C=O) groups excluding carboxylic acids is 1. The van der Waals surface area contributed by atoms with Crippen LogP contribution in [0.15, 0.2) is 28.6 Å². The molecule has 1 atom stereocenters. The number of benzene rings is 1. The Morgan fingerprint density at radius 1 is 1.22 bits per heavy atom. The van der Waals surface area contributed by atoms with Gasteiger partial charge < -0.3 is 9.47 Å². The fourth-order valence-electron chi connectivity index (χ4n) is 1.68. The summed E-state index contributed by atoms with van der Waals surface area (Å²) in [5, 5.41) is 11.6. The largest absolute Gasteiger partial charge is 0.493 e. The van der Waals surface area contributed by atoms with Crippen LogP contribution >= 0.6 is 23.1 Å². The van der Waals surface area contributed by atoms with Crippen molar-refractivity contribution in [3.63, 3.8) is 0 Å². The van der Waals surface area contributed by atoms with Crippen molar-refractivity contribution in [3.05, 3.63) is 24.3 Å². The lowest BCUT2D eigenvalue weighted by molar-refractivity contribution is -0.122. The molecule has 23 heavy (non-hydrogen) atoms. The first-order chi connectivity index (χ1) is 11.0. The number of nitrogens with one attached hydrogen (secondary N) is 1. The molecule has 6 nitrogen and oxygen atoms in total. The molecule has 1 aromatic carbocycles. The van der Waals surface area contributed by atoms with Crippen LogP contribution in [0.2, 0.25) is 0 Å². The van der Waals surface area contributed by atoms with Gasteiger partial charge in [-0.2, -0.15) is 0 Å². The van der Waals surface area contributed by atoms with E-state index in [-0.39, 0.29) is 5.91 Å². The highest BCUT2D eigenvalue weighted by atomic mass is 32.2. The molecule has 0 spiro atoms. The standard InChI is InChI=1S/C15H19N3O3S2/c1-9(2)22-15-18-17-14(23-15)16-13(19)10(3)21-12-8-6-5-7-11(12)20-4/h5-10H,1-4H3,(H,16,17,19)/t10-/m0/s1. The third-order valence-corrected chi connectivity index (χ3v) is 4.64. The van der Waals surface area contributed by atoms with Crippen molar-refractivity contribution < 1.29 is 14.3 Å². The number of amides is 1. The van der Waals surface area contributed by atoms with Gasteiger partial charge in [0.25, 0.3) is 5.91 Å². The Hall–Kier alpha value is -1.80. The summed E-state index contributed by atoms with van der Waals surface area (Å²) in [7, 11) is 1.56. The quantitative estimate of drug-likeness (QED) is 0.607. The Labute approximate surface area is 143 Å². The summed E-state index contributed by atoms with van der Waals surface area (Å²) in [4.78, 5) is 12.2. The van der Waals surface area contributed by atoms with E-state index in [0.717, 1.165) is 4.34 Å². The summed E-state index contributed by atoms with van der Waals surface area (Å²) in [5.74, 6) is 0.817. The molecule has 124 valence electrons. The fourth-order valence-corrected chi connectivity index (χ4v) is 3.65. The van der Waals surface area contributed by atoms with E-state index in [2.05, 4.69) is 29.4 Å². The number of rotatable bonds is 7. The number of thioether (sulfide) groups is 1. The van der Waals surface area contributed by atoms with E-state index in [1.54, 1.807) is 37.9 Å². The molecule has 1 amide bonds. The zero-order valence-electron chi connectivity index (χ0n) is 13.4. The molecule has 0 bridgehead atoms. The Morgan fingerprint density at radius 2 is 1.91 bits per heavy atom. The Morgan fingerprint density at radius 3 is 2.57 bits per heavy atom. The van der Waals surface area contributed by atoms with E-state index in [0.29, 0.717) is 21.9 Å². The number of aromatic nitrogens is 2. The summed E-state index contributed by atoms with van der Waals surface area (Å²) in [6.07, 6.45) is -0.684. The highest BCUT2D eigenvalue weighted by Crippen LogP contribution is 2.29. The molecule has 0 fully saturated rings. The van der Waals surface area contributed by atoms with Crippen molar-refractivity contribution in [1.29, 1.82) is 0 Å². The molecule has 0 aliphatic rings. The number of nitrogens with zero attached hydrogens (tertiary/aromatic N) is 2. The van der Waals surface area contributed by atoms with Gasteiger partial charge in [0.2, 0.25) is 5.13 Å². The van der Waals surface area contributed by atoms with Gasteiger partial charge in [-0.1, -0.05) is 49.1 Å². The maximum atomic E-state index is 12.2. The van der Waals surface area contributed by atoms with Crippen LogP contribution in [0.25, 0.3) is 0 Å². The van der Waals surface area contributed by atoms with Gasteiger partial charge >= 0.3 is 0 Å². The zero-order valence-corrected chi connectivity index (χ0v) is 15.0. The van der Waals surface area contributed by atoms with Gasteiger partial charge in [0.05, 0.1) is 7.11 Å². The predicted molar refractivity (Wildman–Crippen MR) is 92.6 cm³/mol. The number of carbonyl (C=O) groups is 1. The predicted octanol–water partition coefficient (Wildman–Crippen LogP) is 3.45. The average Bonchev–Trinajstić information content (AvgIpc) is 2.93. The summed E-state index contributed by atoms with van der Waals surface area (Å²) < 4.78 is 11.7. The molecule has 2 aromatic rings. The van der Waals surface area contributed by atoms with E-state index in [4.69, 9.17) is 9.47 Å². The minimum Gasteiger partial charge on any atom is -0.493 e. The number of hydrogen-bond donors (Lipinski definition) is 1. The average molecular weight is 353 g/mol. The monoisotopic (exact) mass is 353 g/mol.